The second-order valence-corrected chi connectivity index (χ2v) is 4.85. The summed E-state index contributed by atoms with van der Waals surface area (Å²) >= 11 is 0. The topological polar surface area (TPSA) is 20.3 Å². The first-order valence-electron chi connectivity index (χ1n) is 4.03. The van der Waals surface area contributed by atoms with Gasteiger partial charge in [-0.05, 0) is 25.7 Å². The number of rotatable bonds is 2. The molecule has 0 aromatic rings. The van der Waals surface area contributed by atoms with Gasteiger partial charge in [-0.2, -0.15) is 0 Å². The lowest BCUT2D eigenvalue weighted by Crippen LogP contribution is -2.24. The van der Waals surface area contributed by atoms with Crippen molar-refractivity contribution < 1.29 is 4.21 Å². The van der Waals surface area contributed by atoms with E-state index in [1.165, 1.54) is 25.7 Å². The fraction of sp³-hybridized carbons (Fsp3) is 1.00. The lowest BCUT2D eigenvalue weighted by Gasteiger charge is -2.11. The zero-order valence-corrected chi connectivity index (χ0v) is 6.90. The fourth-order valence-corrected chi connectivity index (χ4v) is 2.93. The van der Waals surface area contributed by atoms with Crippen LogP contribution in [0.1, 0.15) is 25.7 Å². The summed E-state index contributed by atoms with van der Waals surface area (Å²) in [4.78, 5) is 0. The van der Waals surface area contributed by atoms with Crippen molar-refractivity contribution in [2.75, 3.05) is 13.1 Å². The summed E-state index contributed by atoms with van der Waals surface area (Å²) in [7, 11) is -0.603. The van der Waals surface area contributed by atoms with Crippen molar-refractivity contribution in [2.24, 2.45) is 0 Å². The Balaban J connectivity index is 1.90. The Bertz CT molecular complexity index is 150. The average Bonchev–Trinajstić information content (AvgIpc) is 2.65. The van der Waals surface area contributed by atoms with Crippen LogP contribution in [0.5, 0.6) is 0 Å². The summed E-state index contributed by atoms with van der Waals surface area (Å²) in [5, 5.41) is 0.540. The molecule has 2 fully saturated rings. The predicted octanol–water partition coefficient (Wildman–Crippen LogP) is 0.908. The second kappa shape index (κ2) is 2.62. The number of nitrogens with zero attached hydrogens (tertiary/aromatic N) is 1. The van der Waals surface area contributed by atoms with E-state index in [1.54, 1.807) is 0 Å². The molecular formula is C7H13NOS. The van der Waals surface area contributed by atoms with E-state index in [4.69, 9.17) is 0 Å². The fourth-order valence-electron chi connectivity index (χ4n) is 1.35. The van der Waals surface area contributed by atoms with Crippen molar-refractivity contribution in [1.82, 2.24) is 4.31 Å². The summed E-state index contributed by atoms with van der Waals surface area (Å²) < 4.78 is 13.6. The molecule has 0 amide bonds. The first kappa shape index (κ1) is 6.80. The molecule has 0 N–H and O–H groups in total. The van der Waals surface area contributed by atoms with Crippen molar-refractivity contribution in [1.29, 1.82) is 0 Å². The van der Waals surface area contributed by atoms with E-state index in [-0.39, 0.29) is 0 Å². The highest BCUT2D eigenvalue weighted by molar-refractivity contribution is 7.83. The van der Waals surface area contributed by atoms with Gasteiger partial charge in [0.2, 0.25) is 0 Å². The lowest BCUT2D eigenvalue weighted by molar-refractivity contribution is 0.535. The van der Waals surface area contributed by atoms with E-state index < -0.39 is 11.0 Å². The standard InChI is InChI=1S/C7H13NOS/c9-10(7-3-4-7)8-5-1-2-6-8/h7H,1-6H2. The average molecular weight is 159 g/mol. The Labute approximate surface area is 64.2 Å². The predicted molar refractivity (Wildman–Crippen MR) is 42.0 cm³/mol. The molecule has 0 bridgehead atoms. The molecule has 0 radical (unpaired) electrons. The highest BCUT2D eigenvalue weighted by Crippen LogP contribution is 2.29. The van der Waals surface area contributed by atoms with Crippen molar-refractivity contribution in [3.05, 3.63) is 0 Å². The van der Waals surface area contributed by atoms with Gasteiger partial charge in [0, 0.05) is 18.3 Å². The number of hydrogen-bond acceptors (Lipinski definition) is 1. The Morgan fingerprint density at radius 1 is 1.20 bits per heavy atom. The zero-order chi connectivity index (χ0) is 6.97. The van der Waals surface area contributed by atoms with E-state index >= 15 is 0 Å². The largest absolute Gasteiger partial charge is 0.242 e. The van der Waals surface area contributed by atoms with Crippen LogP contribution in [0.2, 0.25) is 0 Å². The quantitative estimate of drug-likeness (QED) is 0.586. The van der Waals surface area contributed by atoms with Gasteiger partial charge in [-0.1, -0.05) is 0 Å². The maximum atomic E-state index is 11.4. The minimum Gasteiger partial charge on any atom is -0.242 e. The van der Waals surface area contributed by atoms with Gasteiger partial charge in [0.15, 0.2) is 0 Å². The minimum atomic E-state index is -0.603. The molecule has 2 rings (SSSR count). The normalized spacial score (nSPS) is 30.8. The van der Waals surface area contributed by atoms with Crippen LogP contribution in [0, 0.1) is 0 Å². The Kier molecular flexibility index (Phi) is 1.78. The van der Waals surface area contributed by atoms with Gasteiger partial charge in [0.05, 0.1) is 11.0 Å². The lowest BCUT2D eigenvalue weighted by atomic mass is 10.4. The SMILES string of the molecule is O=S(C1CC1)N1CCCC1. The highest BCUT2D eigenvalue weighted by Gasteiger charge is 2.33. The van der Waals surface area contributed by atoms with Gasteiger partial charge in [0.25, 0.3) is 0 Å². The molecule has 2 aliphatic rings. The maximum Gasteiger partial charge on any atom is 0.0974 e. The molecule has 0 aromatic carbocycles. The van der Waals surface area contributed by atoms with Crippen LogP contribution in [-0.4, -0.2) is 26.9 Å². The van der Waals surface area contributed by atoms with Crippen LogP contribution < -0.4 is 0 Å². The van der Waals surface area contributed by atoms with Crippen LogP contribution in [0.3, 0.4) is 0 Å². The van der Waals surface area contributed by atoms with Crippen LogP contribution in [0.4, 0.5) is 0 Å². The van der Waals surface area contributed by atoms with Crippen molar-refractivity contribution >= 4 is 11.0 Å². The van der Waals surface area contributed by atoms with E-state index in [0.717, 1.165) is 13.1 Å². The molecular weight excluding hydrogens is 146 g/mol. The van der Waals surface area contributed by atoms with Gasteiger partial charge in [0.1, 0.15) is 0 Å². The molecule has 1 aliphatic carbocycles. The molecule has 10 heavy (non-hydrogen) atoms. The first-order chi connectivity index (χ1) is 4.88. The number of hydrogen-bond donors (Lipinski definition) is 0. The maximum absolute atomic E-state index is 11.4. The molecule has 1 aliphatic heterocycles. The Hall–Kier alpha value is 0.110. The van der Waals surface area contributed by atoms with Crippen molar-refractivity contribution in [2.45, 2.75) is 30.9 Å². The van der Waals surface area contributed by atoms with E-state index in [1.807, 2.05) is 0 Å². The third-order valence-corrected chi connectivity index (χ3v) is 4.04. The third kappa shape index (κ3) is 1.25. The molecule has 0 spiro atoms. The van der Waals surface area contributed by atoms with Gasteiger partial charge in [-0.15, -0.1) is 0 Å². The first-order valence-corrected chi connectivity index (χ1v) is 5.20. The summed E-state index contributed by atoms with van der Waals surface area (Å²) in [6.07, 6.45) is 4.89. The van der Waals surface area contributed by atoms with Gasteiger partial charge < -0.3 is 0 Å². The highest BCUT2D eigenvalue weighted by atomic mass is 32.2. The summed E-state index contributed by atoms with van der Waals surface area (Å²) in [6.45, 7) is 2.15. The second-order valence-electron chi connectivity index (χ2n) is 3.11. The van der Waals surface area contributed by atoms with Crippen molar-refractivity contribution in [3.63, 3.8) is 0 Å². The molecule has 1 atom stereocenters. The molecule has 3 heteroatoms. The van der Waals surface area contributed by atoms with Crippen LogP contribution in [0.25, 0.3) is 0 Å². The van der Waals surface area contributed by atoms with E-state index in [0.29, 0.717) is 5.25 Å². The molecule has 1 unspecified atom stereocenters. The molecule has 0 aromatic heterocycles. The van der Waals surface area contributed by atoms with Crippen LogP contribution in [0.15, 0.2) is 0 Å². The minimum absolute atomic E-state index is 0.540. The Morgan fingerprint density at radius 2 is 1.80 bits per heavy atom. The summed E-state index contributed by atoms with van der Waals surface area (Å²) in [6, 6.07) is 0. The molecule has 1 saturated heterocycles. The van der Waals surface area contributed by atoms with Gasteiger partial charge in [-0.25, -0.2) is 8.51 Å². The monoisotopic (exact) mass is 159 g/mol. The summed E-state index contributed by atoms with van der Waals surface area (Å²) in [5.41, 5.74) is 0. The Morgan fingerprint density at radius 3 is 2.30 bits per heavy atom. The van der Waals surface area contributed by atoms with Crippen LogP contribution >= 0.6 is 0 Å². The molecule has 1 saturated carbocycles. The molecule has 58 valence electrons. The third-order valence-electron chi connectivity index (χ3n) is 2.13. The van der Waals surface area contributed by atoms with E-state index in [2.05, 4.69) is 4.31 Å². The van der Waals surface area contributed by atoms with Gasteiger partial charge in [-0.3, -0.25) is 0 Å². The molecule has 1 heterocycles. The summed E-state index contributed by atoms with van der Waals surface area (Å²) in [5.74, 6) is 0. The van der Waals surface area contributed by atoms with Crippen molar-refractivity contribution in [3.8, 4) is 0 Å². The molecule has 2 nitrogen and oxygen atoms in total. The van der Waals surface area contributed by atoms with Gasteiger partial charge >= 0.3 is 0 Å². The van der Waals surface area contributed by atoms with E-state index in [9.17, 15) is 4.21 Å². The van der Waals surface area contributed by atoms with Crippen LogP contribution in [-0.2, 0) is 11.0 Å². The smallest absolute Gasteiger partial charge is 0.0974 e. The zero-order valence-electron chi connectivity index (χ0n) is 6.08.